The maximum Gasteiger partial charge on any atom is 0.275 e. The molecule has 0 fully saturated rings. The molecule has 1 aliphatic rings. The minimum atomic E-state index is -0.227. The normalized spacial score (nSPS) is 14.2. The van der Waals surface area contributed by atoms with Crippen molar-refractivity contribution in [3.63, 3.8) is 0 Å². The average Bonchev–Trinajstić information content (AvgIpc) is 3.04. The van der Waals surface area contributed by atoms with Crippen LogP contribution >= 0.6 is 0 Å². The molecular weight excluding hydrogens is 332 g/mol. The number of imidazole rings is 1. The summed E-state index contributed by atoms with van der Waals surface area (Å²) in [4.78, 5) is 19.5. The molecule has 0 saturated carbocycles. The van der Waals surface area contributed by atoms with E-state index in [4.69, 9.17) is 9.47 Å². The molecule has 26 heavy (non-hydrogen) atoms. The van der Waals surface area contributed by atoms with E-state index in [0.717, 1.165) is 32.0 Å². The molecule has 0 atom stereocenters. The number of carbonyl (C=O) groups is 1. The second-order valence-corrected chi connectivity index (χ2v) is 6.89. The number of carbonyl (C=O) groups excluding carboxylic acids is 1. The van der Waals surface area contributed by atoms with Gasteiger partial charge in [0.05, 0.1) is 20.8 Å². The van der Waals surface area contributed by atoms with Gasteiger partial charge in [0.1, 0.15) is 11.5 Å². The zero-order chi connectivity index (χ0) is 18.7. The van der Waals surface area contributed by atoms with Gasteiger partial charge in [-0.15, -0.1) is 0 Å². The second kappa shape index (κ2) is 7.78. The number of benzene rings is 1. The Kier molecular flexibility index (Phi) is 5.46. The highest BCUT2D eigenvalue weighted by Gasteiger charge is 2.21. The Morgan fingerprint density at radius 1 is 1.23 bits per heavy atom. The number of rotatable bonds is 6. The van der Waals surface area contributed by atoms with Crippen molar-refractivity contribution in [2.24, 2.45) is 5.92 Å². The second-order valence-electron chi connectivity index (χ2n) is 6.89. The summed E-state index contributed by atoms with van der Waals surface area (Å²) in [5, 5.41) is 2.87. The van der Waals surface area contributed by atoms with Crippen molar-refractivity contribution in [1.29, 1.82) is 0 Å². The lowest BCUT2D eigenvalue weighted by Crippen LogP contribution is -2.35. The van der Waals surface area contributed by atoms with Gasteiger partial charge in [0, 0.05) is 37.6 Å². The van der Waals surface area contributed by atoms with Gasteiger partial charge in [-0.05, 0) is 18.1 Å². The van der Waals surface area contributed by atoms with Crippen LogP contribution in [0.15, 0.2) is 24.4 Å². The third-order valence-electron chi connectivity index (χ3n) is 4.38. The molecule has 1 aliphatic heterocycles. The predicted molar refractivity (Wildman–Crippen MR) is 99.8 cm³/mol. The Bertz CT molecular complexity index is 785. The van der Waals surface area contributed by atoms with Crippen LogP contribution in [0.2, 0.25) is 0 Å². The maximum absolute atomic E-state index is 12.6. The Morgan fingerprint density at radius 3 is 2.69 bits per heavy atom. The standard InChI is InChI=1S/C19H26N4O3/c1-13(2)10-22-7-8-23-11-15(21-18(23)12-22)19(24)20-14-5-6-16(25-3)17(9-14)26-4/h5-6,9,11,13H,7-8,10,12H2,1-4H3,(H,20,24). The molecule has 0 radical (unpaired) electrons. The number of nitrogens with zero attached hydrogens (tertiary/aromatic N) is 3. The third-order valence-corrected chi connectivity index (χ3v) is 4.38. The number of anilines is 1. The molecule has 0 spiro atoms. The SMILES string of the molecule is COc1ccc(NC(=O)c2cn3c(n2)CN(CC(C)C)CC3)cc1OC. The number of hydrogen-bond acceptors (Lipinski definition) is 5. The average molecular weight is 358 g/mol. The van der Waals surface area contributed by atoms with E-state index in [1.807, 2.05) is 6.20 Å². The van der Waals surface area contributed by atoms with Gasteiger partial charge in [0.25, 0.3) is 5.91 Å². The van der Waals surface area contributed by atoms with Crippen molar-refractivity contribution < 1.29 is 14.3 Å². The van der Waals surface area contributed by atoms with E-state index >= 15 is 0 Å². The molecular formula is C19H26N4O3. The summed E-state index contributed by atoms with van der Waals surface area (Å²) in [6.07, 6.45) is 1.83. The van der Waals surface area contributed by atoms with E-state index in [0.29, 0.717) is 28.8 Å². The van der Waals surface area contributed by atoms with Gasteiger partial charge in [0.15, 0.2) is 11.5 Å². The van der Waals surface area contributed by atoms with Crippen LogP contribution in [0, 0.1) is 5.92 Å². The monoisotopic (exact) mass is 358 g/mol. The third kappa shape index (κ3) is 3.99. The summed E-state index contributed by atoms with van der Waals surface area (Å²) in [6.45, 7) is 8.09. The molecule has 2 aromatic rings. The number of nitrogens with one attached hydrogen (secondary N) is 1. The van der Waals surface area contributed by atoms with E-state index in [1.54, 1.807) is 32.4 Å². The summed E-state index contributed by atoms with van der Waals surface area (Å²) in [6, 6.07) is 5.27. The fraction of sp³-hybridized carbons (Fsp3) is 0.474. The summed E-state index contributed by atoms with van der Waals surface area (Å²) in [7, 11) is 3.14. The molecule has 3 rings (SSSR count). The van der Waals surface area contributed by atoms with Crippen molar-refractivity contribution >= 4 is 11.6 Å². The van der Waals surface area contributed by atoms with Gasteiger partial charge in [-0.25, -0.2) is 4.98 Å². The number of aromatic nitrogens is 2. The minimum absolute atomic E-state index is 0.227. The van der Waals surface area contributed by atoms with Crippen LogP contribution in [-0.4, -0.2) is 47.7 Å². The number of methoxy groups -OCH3 is 2. The first-order chi connectivity index (χ1) is 12.5. The molecule has 0 unspecified atom stereocenters. The molecule has 140 valence electrons. The van der Waals surface area contributed by atoms with Gasteiger partial charge in [-0.3, -0.25) is 9.69 Å². The largest absolute Gasteiger partial charge is 0.493 e. The van der Waals surface area contributed by atoms with Crippen LogP contribution in [0.5, 0.6) is 11.5 Å². The van der Waals surface area contributed by atoms with Crippen LogP contribution in [-0.2, 0) is 13.1 Å². The predicted octanol–water partition coefficient (Wildman–Crippen LogP) is 2.62. The number of fused-ring (bicyclic) bond motifs is 1. The van der Waals surface area contributed by atoms with Gasteiger partial charge < -0.3 is 19.4 Å². The highest BCUT2D eigenvalue weighted by Crippen LogP contribution is 2.30. The molecule has 7 nitrogen and oxygen atoms in total. The summed E-state index contributed by atoms with van der Waals surface area (Å²) in [5.41, 5.74) is 1.07. The fourth-order valence-electron chi connectivity index (χ4n) is 3.19. The lowest BCUT2D eigenvalue weighted by atomic mass is 10.2. The molecule has 1 amide bonds. The number of hydrogen-bond donors (Lipinski definition) is 1. The Labute approximate surface area is 153 Å². The first-order valence-corrected chi connectivity index (χ1v) is 8.82. The van der Waals surface area contributed by atoms with E-state index in [-0.39, 0.29) is 5.91 Å². The van der Waals surface area contributed by atoms with Gasteiger partial charge in [-0.1, -0.05) is 13.8 Å². The van der Waals surface area contributed by atoms with Crippen LogP contribution in [0.4, 0.5) is 5.69 Å². The van der Waals surface area contributed by atoms with Crippen LogP contribution < -0.4 is 14.8 Å². The Morgan fingerprint density at radius 2 is 2.00 bits per heavy atom. The van der Waals surface area contributed by atoms with Crippen molar-refractivity contribution in [3.8, 4) is 11.5 Å². The van der Waals surface area contributed by atoms with Crippen molar-refractivity contribution in [2.45, 2.75) is 26.9 Å². The van der Waals surface area contributed by atoms with Gasteiger partial charge >= 0.3 is 0 Å². The molecule has 0 aliphatic carbocycles. The van der Waals surface area contributed by atoms with E-state index in [9.17, 15) is 4.79 Å². The highest BCUT2D eigenvalue weighted by molar-refractivity contribution is 6.03. The van der Waals surface area contributed by atoms with Crippen molar-refractivity contribution in [1.82, 2.24) is 14.5 Å². The lowest BCUT2D eigenvalue weighted by molar-refractivity contribution is 0.102. The molecule has 1 N–H and O–H groups in total. The zero-order valence-electron chi connectivity index (χ0n) is 15.8. The van der Waals surface area contributed by atoms with Crippen LogP contribution in [0.1, 0.15) is 30.2 Å². The van der Waals surface area contributed by atoms with Crippen molar-refractivity contribution in [3.05, 3.63) is 35.9 Å². The van der Waals surface area contributed by atoms with Crippen molar-refractivity contribution in [2.75, 3.05) is 32.6 Å². The number of ether oxygens (including phenoxy) is 2. The van der Waals surface area contributed by atoms with Crippen LogP contribution in [0.25, 0.3) is 0 Å². The van der Waals surface area contributed by atoms with Gasteiger partial charge in [0.2, 0.25) is 0 Å². The molecule has 0 bridgehead atoms. The Balaban J connectivity index is 1.71. The molecule has 0 saturated heterocycles. The minimum Gasteiger partial charge on any atom is -0.493 e. The molecule has 1 aromatic heterocycles. The van der Waals surface area contributed by atoms with E-state index in [1.165, 1.54) is 0 Å². The zero-order valence-corrected chi connectivity index (χ0v) is 15.8. The summed E-state index contributed by atoms with van der Waals surface area (Å²) >= 11 is 0. The molecule has 7 heteroatoms. The summed E-state index contributed by atoms with van der Waals surface area (Å²) in [5.74, 6) is 2.51. The van der Waals surface area contributed by atoms with Crippen LogP contribution in [0.3, 0.4) is 0 Å². The summed E-state index contributed by atoms with van der Waals surface area (Å²) < 4.78 is 12.6. The number of amides is 1. The first kappa shape index (κ1) is 18.3. The molecule has 1 aromatic carbocycles. The lowest BCUT2D eigenvalue weighted by Gasteiger charge is -2.28. The Hall–Kier alpha value is -2.54. The quantitative estimate of drug-likeness (QED) is 0.860. The fourth-order valence-corrected chi connectivity index (χ4v) is 3.19. The molecule has 2 heterocycles. The van der Waals surface area contributed by atoms with E-state index < -0.39 is 0 Å². The van der Waals surface area contributed by atoms with Gasteiger partial charge in [-0.2, -0.15) is 0 Å². The topological polar surface area (TPSA) is 68.6 Å². The smallest absolute Gasteiger partial charge is 0.275 e. The van der Waals surface area contributed by atoms with E-state index in [2.05, 4.69) is 33.6 Å². The maximum atomic E-state index is 12.6. The first-order valence-electron chi connectivity index (χ1n) is 8.82. The highest BCUT2D eigenvalue weighted by atomic mass is 16.5.